The van der Waals surface area contributed by atoms with E-state index in [2.05, 4.69) is 5.32 Å². The highest BCUT2D eigenvalue weighted by Crippen LogP contribution is 2.36. The van der Waals surface area contributed by atoms with Gasteiger partial charge >= 0.3 is 0 Å². The van der Waals surface area contributed by atoms with Gasteiger partial charge in [0, 0.05) is 7.05 Å². The van der Waals surface area contributed by atoms with Gasteiger partial charge in [-0.25, -0.2) is 0 Å². The first-order valence-electron chi connectivity index (χ1n) is 4.43. The number of anilines is 2. The quantitative estimate of drug-likeness (QED) is 0.712. The van der Waals surface area contributed by atoms with Crippen molar-refractivity contribution < 1.29 is 4.79 Å². The number of amides is 1. The third kappa shape index (κ3) is 1.24. The fourth-order valence-corrected chi connectivity index (χ4v) is 1.76. The van der Waals surface area contributed by atoms with Crippen LogP contribution in [0.15, 0.2) is 18.2 Å². The molecule has 74 valence electrons. The molecule has 0 saturated heterocycles. The van der Waals surface area contributed by atoms with Crippen LogP contribution in [0.5, 0.6) is 0 Å². The summed E-state index contributed by atoms with van der Waals surface area (Å²) in [5.74, 6) is -0.0203. The minimum Gasteiger partial charge on any atom is -0.361 e. The predicted molar refractivity (Wildman–Crippen MR) is 57.9 cm³/mol. The largest absolute Gasteiger partial charge is 0.361 e. The highest BCUT2D eigenvalue weighted by Gasteiger charge is 2.27. The van der Waals surface area contributed by atoms with Crippen LogP contribution in [0, 0.1) is 0 Å². The van der Waals surface area contributed by atoms with E-state index in [-0.39, 0.29) is 11.9 Å². The Kier molecular flexibility index (Phi) is 2.11. The molecule has 3 nitrogen and oxygen atoms in total. The number of para-hydroxylation sites is 1. The number of rotatable bonds is 0. The lowest BCUT2D eigenvalue weighted by Gasteiger charge is -2.33. The van der Waals surface area contributed by atoms with Crippen LogP contribution in [-0.2, 0) is 4.79 Å². The number of carbonyl (C=O) groups is 1. The van der Waals surface area contributed by atoms with Gasteiger partial charge in [0.25, 0.3) is 0 Å². The number of hydrogen-bond acceptors (Lipinski definition) is 2. The predicted octanol–water partition coefficient (Wildman–Crippen LogP) is 2.12. The first-order valence-corrected chi connectivity index (χ1v) is 4.81. The molecule has 0 saturated carbocycles. The van der Waals surface area contributed by atoms with E-state index in [0.717, 1.165) is 5.69 Å². The van der Waals surface area contributed by atoms with E-state index in [1.54, 1.807) is 6.07 Å². The lowest BCUT2D eigenvalue weighted by molar-refractivity contribution is -0.117. The van der Waals surface area contributed by atoms with Crippen molar-refractivity contribution in [3.8, 4) is 0 Å². The van der Waals surface area contributed by atoms with Gasteiger partial charge in [0.05, 0.1) is 16.4 Å². The fourth-order valence-electron chi connectivity index (χ4n) is 1.54. The first kappa shape index (κ1) is 9.34. The molecular weight excluding hydrogens is 200 g/mol. The maximum Gasteiger partial charge on any atom is 0.246 e. The van der Waals surface area contributed by atoms with Crippen LogP contribution >= 0.6 is 11.6 Å². The van der Waals surface area contributed by atoms with Gasteiger partial charge in [-0.3, -0.25) is 4.79 Å². The molecule has 1 aromatic carbocycles. The highest BCUT2D eigenvalue weighted by atomic mass is 35.5. The minimum atomic E-state index is -0.152. The minimum absolute atomic E-state index is 0.0203. The summed E-state index contributed by atoms with van der Waals surface area (Å²) in [4.78, 5) is 13.4. The van der Waals surface area contributed by atoms with E-state index in [0.29, 0.717) is 10.7 Å². The number of benzene rings is 1. The van der Waals surface area contributed by atoms with Crippen molar-refractivity contribution in [1.29, 1.82) is 0 Å². The molecule has 1 aromatic rings. The van der Waals surface area contributed by atoms with Gasteiger partial charge in [-0.05, 0) is 19.1 Å². The summed E-state index contributed by atoms with van der Waals surface area (Å²) in [5, 5.41) is 3.37. The van der Waals surface area contributed by atoms with E-state index in [9.17, 15) is 4.79 Å². The van der Waals surface area contributed by atoms with Crippen LogP contribution < -0.4 is 10.2 Å². The standard InChI is InChI=1S/C10H11ClN2O/c1-6-10(14)12-9-7(11)4-3-5-8(9)13(6)2/h3-6H,1-2H3,(H,12,14). The first-order chi connectivity index (χ1) is 6.61. The summed E-state index contributed by atoms with van der Waals surface area (Å²) >= 11 is 5.98. The zero-order chi connectivity index (χ0) is 10.3. The number of fused-ring (bicyclic) bond motifs is 1. The Hall–Kier alpha value is -1.22. The second kappa shape index (κ2) is 3.17. The van der Waals surface area contributed by atoms with Gasteiger partial charge < -0.3 is 10.2 Å². The second-order valence-corrected chi connectivity index (χ2v) is 3.82. The van der Waals surface area contributed by atoms with Crippen molar-refractivity contribution in [3.63, 3.8) is 0 Å². The lowest BCUT2D eigenvalue weighted by atomic mass is 10.1. The molecule has 14 heavy (non-hydrogen) atoms. The second-order valence-electron chi connectivity index (χ2n) is 3.41. The summed E-state index contributed by atoms with van der Waals surface area (Å²) < 4.78 is 0. The molecule has 1 aliphatic rings. The van der Waals surface area contributed by atoms with Gasteiger partial charge in [-0.2, -0.15) is 0 Å². The molecule has 1 N–H and O–H groups in total. The average Bonchev–Trinajstić information content (AvgIpc) is 2.17. The van der Waals surface area contributed by atoms with Crippen LogP contribution in [0.4, 0.5) is 11.4 Å². The summed E-state index contributed by atoms with van der Waals surface area (Å²) in [6.45, 7) is 1.86. The van der Waals surface area contributed by atoms with Crippen molar-refractivity contribution in [2.24, 2.45) is 0 Å². The molecular formula is C10H11ClN2O. The molecule has 1 aliphatic heterocycles. The Labute approximate surface area is 87.7 Å². The Morgan fingerprint density at radius 1 is 1.50 bits per heavy atom. The molecule has 1 unspecified atom stereocenters. The molecule has 1 amide bonds. The third-order valence-corrected chi connectivity index (χ3v) is 2.90. The number of nitrogens with one attached hydrogen (secondary N) is 1. The van der Waals surface area contributed by atoms with E-state index in [1.165, 1.54) is 0 Å². The van der Waals surface area contributed by atoms with Crippen LogP contribution in [0.25, 0.3) is 0 Å². The average molecular weight is 211 g/mol. The third-order valence-electron chi connectivity index (χ3n) is 2.58. The molecule has 0 radical (unpaired) electrons. The highest BCUT2D eigenvalue weighted by molar-refractivity contribution is 6.35. The molecule has 1 heterocycles. The van der Waals surface area contributed by atoms with Crippen molar-refractivity contribution in [2.75, 3.05) is 17.3 Å². The molecule has 0 fully saturated rings. The molecule has 0 spiro atoms. The SMILES string of the molecule is CC1C(=O)Nc2c(Cl)cccc2N1C. The van der Waals surface area contributed by atoms with Crippen molar-refractivity contribution >= 4 is 28.9 Å². The number of nitrogens with zero attached hydrogens (tertiary/aromatic N) is 1. The van der Waals surface area contributed by atoms with Crippen LogP contribution in [-0.4, -0.2) is 19.0 Å². The van der Waals surface area contributed by atoms with E-state index in [4.69, 9.17) is 11.6 Å². The number of likely N-dealkylation sites (N-methyl/N-ethyl adjacent to an activating group) is 1. The van der Waals surface area contributed by atoms with Crippen LogP contribution in [0.2, 0.25) is 5.02 Å². The summed E-state index contributed by atoms with van der Waals surface area (Å²) in [5.41, 5.74) is 1.67. The number of carbonyl (C=O) groups excluding carboxylic acids is 1. The molecule has 1 atom stereocenters. The van der Waals surface area contributed by atoms with Crippen LogP contribution in [0.3, 0.4) is 0 Å². The van der Waals surface area contributed by atoms with Gasteiger partial charge in [0.1, 0.15) is 6.04 Å². The van der Waals surface area contributed by atoms with Crippen LogP contribution in [0.1, 0.15) is 6.92 Å². The molecule has 0 aromatic heterocycles. The molecule has 0 bridgehead atoms. The number of hydrogen-bond donors (Lipinski definition) is 1. The zero-order valence-electron chi connectivity index (χ0n) is 8.04. The fraction of sp³-hybridized carbons (Fsp3) is 0.300. The smallest absolute Gasteiger partial charge is 0.246 e. The number of halogens is 1. The van der Waals surface area contributed by atoms with Gasteiger partial charge in [0.15, 0.2) is 0 Å². The van der Waals surface area contributed by atoms with Gasteiger partial charge in [0.2, 0.25) is 5.91 Å². The maximum absolute atomic E-state index is 11.5. The Balaban J connectivity index is 2.56. The molecule has 0 aliphatic carbocycles. The maximum atomic E-state index is 11.5. The van der Waals surface area contributed by atoms with Crippen molar-refractivity contribution in [3.05, 3.63) is 23.2 Å². The Morgan fingerprint density at radius 3 is 2.93 bits per heavy atom. The van der Waals surface area contributed by atoms with E-state index >= 15 is 0 Å². The van der Waals surface area contributed by atoms with E-state index in [1.807, 2.05) is 31.0 Å². The summed E-state index contributed by atoms with van der Waals surface area (Å²) in [7, 11) is 1.89. The monoisotopic (exact) mass is 210 g/mol. The molecule has 2 rings (SSSR count). The molecule has 4 heteroatoms. The van der Waals surface area contributed by atoms with Gasteiger partial charge in [-0.1, -0.05) is 17.7 Å². The normalized spacial score (nSPS) is 20.4. The summed E-state index contributed by atoms with van der Waals surface area (Å²) in [6.07, 6.45) is 0. The van der Waals surface area contributed by atoms with Crippen molar-refractivity contribution in [2.45, 2.75) is 13.0 Å². The Morgan fingerprint density at radius 2 is 2.21 bits per heavy atom. The zero-order valence-corrected chi connectivity index (χ0v) is 8.80. The van der Waals surface area contributed by atoms with E-state index < -0.39 is 0 Å². The van der Waals surface area contributed by atoms with Gasteiger partial charge in [-0.15, -0.1) is 0 Å². The lowest BCUT2D eigenvalue weighted by Crippen LogP contribution is -2.43. The topological polar surface area (TPSA) is 32.3 Å². The summed E-state index contributed by atoms with van der Waals surface area (Å²) in [6, 6.07) is 5.43. The van der Waals surface area contributed by atoms with Crippen molar-refractivity contribution in [1.82, 2.24) is 0 Å². The Bertz CT molecular complexity index is 392.